The van der Waals surface area contributed by atoms with Crippen LogP contribution in [-0.4, -0.2) is 42.1 Å². The van der Waals surface area contributed by atoms with Gasteiger partial charge in [0.15, 0.2) is 0 Å². The SMILES string of the molecule is CC1CCC(C(=O)O)CN1S(=O)(=O)CCCC(C)(C)C. The zero-order valence-corrected chi connectivity index (χ0v) is 13.7. The van der Waals surface area contributed by atoms with Gasteiger partial charge >= 0.3 is 5.97 Å². The van der Waals surface area contributed by atoms with Gasteiger partial charge in [-0.05, 0) is 38.0 Å². The molecule has 0 amide bonds. The Balaban J connectivity index is 2.67. The Morgan fingerprint density at radius 1 is 1.30 bits per heavy atom. The van der Waals surface area contributed by atoms with Gasteiger partial charge in [-0.3, -0.25) is 4.79 Å². The van der Waals surface area contributed by atoms with E-state index in [1.54, 1.807) is 0 Å². The number of carbonyl (C=O) groups is 1. The molecule has 118 valence electrons. The first-order valence-electron chi connectivity index (χ1n) is 7.25. The molecular weight excluding hydrogens is 278 g/mol. The third-order valence-electron chi connectivity index (χ3n) is 3.86. The highest BCUT2D eigenvalue weighted by molar-refractivity contribution is 7.89. The largest absolute Gasteiger partial charge is 0.481 e. The van der Waals surface area contributed by atoms with Crippen LogP contribution in [0.1, 0.15) is 53.4 Å². The maximum atomic E-state index is 12.4. The Hall–Kier alpha value is -0.620. The van der Waals surface area contributed by atoms with E-state index in [0.717, 1.165) is 6.42 Å². The summed E-state index contributed by atoms with van der Waals surface area (Å²) in [4.78, 5) is 11.1. The molecule has 1 aliphatic rings. The normalized spacial score (nSPS) is 25.6. The monoisotopic (exact) mass is 305 g/mol. The molecule has 0 aromatic carbocycles. The average molecular weight is 305 g/mol. The Morgan fingerprint density at radius 2 is 1.90 bits per heavy atom. The third kappa shape index (κ3) is 5.05. The third-order valence-corrected chi connectivity index (χ3v) is 5.89. The summed E-state index contributed by atoms with van der Waals surface area (Å²) in [5.74, 6) is -1.35. The van der Waals surface area contributed by atoms with Crippen molar-refractivity contribution in [1.29, 1.82) is 0 Å². The molecule has 0 aromatic rings. The Morgan fingerprint density at radius 3 is 2.40 bits per heavy atom. The number of carboxylic acids is 1. The Bertz CT molecular complexity index is 439. The molecule has 1 N–H and O–H groups in total. The van der Waals surface area contributed by atoms with Crippen molar-refractivity contribution in [2.24, 2.45) is 11.3 Å². The quantitative estimate of drug-likeness (QED) is 0.846. The first kappa shape index (κ1) is 17.4. The molecule has 1 fully saturated rings. The molecule has 0 saturated carbocycles. The summed E-state index contributed by atoms with van der Waals surface area (Å²) in [6, 6.07) is -0.0924. The Kier molecular flexibility index (Phi) is 5.61. The lowest BCUT2D eigenvalue weighted by atomic mass is 9.91. The van der Waals surface area contributed by atoms with Gasteiger partial charge in [0.2, 0.25) is 10.0 Å². The van der Waals surface area contributed by atoms with E-state index >= 15 is 0 Å². The van der Waals surface area contributed by atoms with E-state index in [1.165, 1.54) is 4.31 Å². The van der Waals surface area contributed by atoms with E-state index in [2.05, 4.69) is 20.8 Å². The number of carboxylic acid groups (broad SMARTS) is 1. The number of sulfonamides is 1. The van der Waals surface area contributed by atoms with Crippen LogP contribution in [-0.2, 0) is 14.8 Å². The van der Waals surface area contributed by atoms with Crippen LogP contribution < -0.4 is 0 Å². The molecular formula is C14H27NO4S. The minimum Gasteiger partial charge on any atom is -0.481 e. The highest BCUT2D eigenvalue weighted by Gasteiger charge is 2.36. The van der Waals surface area contributed by atoms with Crippen molar-refractivity contribution < 1.29 is 18.3 Å². The smallest absolute Gasteiger partial charge is 0.307 e. The molecule has 0 spiro atoms. The van der Waals surface area contributed by atoms with E-state index in [-0.39, 0.29) is 23.8 Å². The van der Waals surface area contributed by atoms with Gasteiger partial charge in [0.25, 0.3) is 0 Å². The number of piperidine rings is 1. The van der Waals surface area contributed by atoms with Gasteiger partial charge in [-0.2, -0.15) is 4.31 Å². The number of rotatable bonds is 5. The Labute approximate surface area is 122 Å². The standard InChI is InChI=1S/C14H27NO4S/c1-11-6-7-12(13(16)17)10-15(11)20(18,19)9-5-8-14(2,3)4/h11-12H,5-10H2,1-4H3,(H,16,17). The van der Waals surface area contributed by atoms with Crippen LogP contribution in [0.25, 0.3) is 0 Å². The first-order chi connectivity index (χ1) is 9.03. The minimum absolute atomic E-state index is 0.0924. The molecule has 2 atom stereocenters. The van der Waals surface area contributed by atoms with Crippen molar-refractivity contribution in [2.45, 2.75) is 59.4 Å². The maximum absolute atomic E-state index is 12.4. The zero-order valence-electron chi connectivity index (χ0n) is 12.9. The van der Waals surface area contributed by atoms with Crippen LogP contribution in [0.5, 0.6) is 0 Å². The summed E-state index contributed by atoms with van der Waals surface area (Å²) in [5, 5.41) is 9.07. The van der Waals surface area contributed by atoms with Crippen molar-refractivity contribution in [3.8, 4) is 0 Å². The number of hydrogen-bond donors (Lipinski definition) is 1. The van der Waals surface area contributed by atoms with Crippen LogP contribution in [0.2, 0.25) is 0 Å². The lowest BCUT2D eigenvalue weighted by Gasteiger charge is -2.35. The van der Waals surface area contributed by atoms with Crippen molar-refractivity contribution in [3.05, 3.63) is 0 Å². The van der Waals surface area contributed by atoms with E-state index in [0.29, 0.717) is 19.3 Å². The van der Waals surface area contributed by atoms with E-state index in [1.807, 2.05) is 6.92 Å². The average Bonchev–Trinajstić information content (AvgIpc) is 2.26. The van der Waals surface area contributed by atoms with E-state index in [9.17, 15) is 13.2 Å². The fraction of sp³-hybridized carbons (Fsp3) is 0.929. The second kappa shape index (κ2) is 6.43. The topological polar surface area (TPSA) is 74.7 Å². The lowest BCUT2D eigenvalue weighted by Crippen LogP contribution is -2.48. The molecule has 1 rings (SSSR count). The van der Waals surface area contributed by atoms with Gasteiger partial charge in [-0.25, -0.2) is 8.42 Å². The number of hydrogen-bond acceptors (Lipinski definition) is 3. The molecule has 0 aliphatic carbocycles. The summed E-state index contributed by atoms with van der Waals surface area (Å²) in [6.45, 7) is 8.24. The predicted octanol–water partition coefficient (Wildman–Crippen LogP) is 2.33. The summed E-state index contributed by atoms with van der Waals surface area (Å²) < 4.78 is 26.2. The van der Waals surface area contributed by atoms with Crippen LogP contribution in [0.4, 0.5) is 0 Å². The molecule has 6 heteroatoms. The van der Waals surface area contributed by atoms with E-state index in [4.69, 9.17) is 5.11 Å². The van der Waals surface area contributed by atoms with Gasteiger partial charge in [-0.15, -0.1) is 0 Å². The molecule has 0 bridgehead atoms. The molecule has 0 aromatic heterocycles. The van der Waals surface area contributed by atoms with Crippen LogP contribution >= 0.6 is 0 Å². The molecule has 1 heterocycles. The van der Waals surface area contributed by atoms with Gasteiger partial charge in [0.1, 0.15) is 0 Å². The molecule has 0 radical (unpaired) electrons. The second-order valence-corrected chi connectivity index (χ2v) is 9.05. The van der Waals surface area contributed by atoms with Gasteiger partial charge < -0.3 is 5.11 Å². The highest BCUT2D eigenvalue weighted by Crippen LogP contribution is 2.27. The van der Waals surface area contributed by atoms with E-state index < -0.39 is 21.9 Å². The van der Waals surface area contributed by atoms with Crippen molar-refractivity contribution in [2.75, 3.05) is 12.3 Å². The minimum atomic E-state index is -3.35. The summed E-state index contributed by atoms with van der Waals surface area (Å²) in [6.07, 6.45) is 2.64. The lowest BCUT2D eigenvalue weighted by molar-refractivity contribution is -0.143. The van der Waals surface area contributed by atoms with Gasteiger partial charge in [-0.1, -0.05) is 20.8 Å². The first-order valence-corrected chi connectivity index (χ1v) is 8.86. The van der Waals surface area contributed by atoms with Crippen molar-refractivity contribution in [1.82, 2.24) is 4.31 Å². The number of aliphatic carboxylic acids is 1. The fourth-order valence-corrected chi connectivity index (χ4v) is 4.37. The predicted molar refractivity (Wildman–Crippen MR) is 79.0 cm³/mol. The zero-order chi connectivity index (χ0) is 15.6. The van der Waals surface area contributed by atoms with Crippen molar-refractivity contribution >= 4 is 16.0 Å². The molecule has 2 unspecified atom stereocenters. The maximum Gasteiger partial charge on any atom is 0.307 e. The molecule has 20 heavy (non-hydrogen) atoms. The summed E-state index contributed by atoms with van der Waals surface area (Å²) in [5.41, 5.74) is 0.118. The van der Waals surface area contributed by atoms with Gasteiger partial charge in [0, 0.05) is 12.6 Å². The highest BCUT2D eigenvalue weighted by atomic mass is 32.2. The van der Waals surface area contributed by atoms with Crippen LogP contribution in [0.15, 0.2) is 0 Å². The second-order valence-electron chi connectivity index (χ2n) is 7.01. The van der Waals surface area contributed by atoms with Crippen LogP contribution in [0, 0.1) is 11.3 Å². The van der Waals surface area contributed by atoms with Crippen molar-refractivity contribution in [3.63, 3.8) is 0 Å². The van der Waals surface area contributed by atoms with Gasteiger partial charge in [0.05, 0.1) is 11.7 Å². The molecule has 1 aliphatic heterocycles. The summed E-state index contributed by atoms with van der Waals surface area (Å²) >= 11 is 0. The summed E-state index contributed by atoms with van der Waals surface area (Å²) in [7, 11) is -3.35. The molecule has 5 nitrogen and oxygen atoms in total. The fourth-order valence-electron chi connectivity index (χ4n) is 2.57. The van der Waals surface area contributed by atoms with Crippen LogP contribution in [0.3, 0.4) is 0 Å². The number of nitrogens with zero attached hydrogens (tertiary/aromatic N) is 1. The molecule has 1 saturated heterocycles.